The van der Waals surface area contributed by atoms with E-state index < -0.39 is 0 Å². The quantitative estimate of drug-likeness (QED) is 0.754. The van der Waals surface area contributed by atoms with Gasteiger partial charge in [-0.2, -0.15) is 11.8 Å². The zero-order chi connectivity index (χ0) is 9.80. The molecule has 0 aliphatic carbocycles. The molecule has 1 aromatic rings. The lowest BCUT2D eigenvalue weighted by Crippen LogP contribution is -2.08. The van der Waals surface area contributed by atoms with E-state index in [4.69, 9.17) is 4.74 Å². The third-order valence-corrected chi connectivity index (χ3v) is 3.34. The Kier molecular flexibility index (Phi) is 3.49. The van der Waals surface area contributed by atoms with E-state index >= 15 is 0 Å². The Labute approximate surface area is 89.9 Å². The lowest BCUT2D eigenvalue weighted by molar-refractivity contribution is 0.0582. The van der Waals surface area contributed by atoms with Crippen molar-refractivity contribution in [2.24, 2.45) is 0 Å². The lowest BCUT2D eigenvalue weighted by atomic mass is 10.1. The molecule has 1 nitrogen and oxygen atoms in total. The molecule has 0 saturated carbocycles. The van der Waals surface area contributed by atoms with Crippen molar-refractivity contribution in [2.45, 2.75) is 25.0 Å². The van der Waals surface area contributed by atoms with Gasteiger partial charge in [-0.05, 0) is 24.7 Å². The van der Waals surface area contributed by atoms with Gasteiger partial charge in [0.05, 0.1) is 12.2 Å². The number of thioether (sulfide) groups is 1. The van der Waals surface area contributed by atoms with Crippen LogP contribution in [0.15, 0.2) is 30.3 Å². The van der Waals surface area contributed by atoms with Crippen LogP contribution in [-0.4, -0.2) is 18.1 Å². The van der Waals surface area contributed by atoms with Crippen LogP contribution in [0.3, 0.4) is 0 Å². The van der Waals surface area contributed by atoms with Crippen LogP contribution in [0, 0.1) is 0 Å². The third kappa shape index (κ3) is 2.31. The zero-order valence-corrected chi connectivity index (χ0v) is 9.30. The fourth-order valence-electron chi connectivity index (χ4n) is 1.93. The fourth-order valence-corrected chi connectivity index (χ4v) is 2.54. The van der Waals surface area contributed by atoms with Crippen molar-refractivity contribution in [1.82, 2.24) is 0 Å². The van der Waals surface area contributed by atoms with Crippen molar-refractivity contribution < 1.29 is 4.74 Å². The largest absolute Gasteiger partial charge is 0.369 e. The minimum atomic E-state index is 0.341. The second-order valence-electron chi connectivity index (χ2n) is 3.69. The van der Waals surface area contributed by atoms with E-state index in [0.717, 1.165) is 5.75 Å². The van der Waals surface area contributed by atoms with Crippen LogP contribution in [0.4, 0.5) is 0 Å². The molecule has 0 amide bonds. The molecule has 2 heteroatoms. The monoisotopic (exact) mass is 208 g/mol. The molecule has 2 atom stereocenters. The molecule has 1 fully saturated rings. The number of rotatable bonds is 3. The van der Waals surface area contributed by atoms with Crippen LogP contribution in [-0.2, 0) is 4.74 Å². The van der Waals surface area contributed by atoms with E-state index in [1.165, 1.54) is 18.4 Å². The Balaban J connectivity index is 1.96. The first-order valence-corrected chi connectivity index (χ1v) is 6.49. The van der Waals surface area contributed by atoms with Gasteiger partial charge in [-0.1, -0.05) is 30.3 Å². The molecule has 1 aliphatic heterocycles. The van der Waals surface area contributed by atoms with Crippen molar-refractivity contribution in [1.29, 1.82) is 0 Å². The second-order valence-corrected chi connectivity index (χ2v) is 4.60. The molecule has 0 radical (unpaired) electrons. The standard InChI is InChI=1S/C12H16OS/c1-14-9-11-7-8-12(13-11)10-5-3-2-4-6-10/h2-6,11-12H,7-9H2,1H3/t11-,12-/m1/s1. The molecular formula is C12H16OS. The van der Waals surface area contributed by atoms with Crippen molar-refractivity contribution >= 4 is 11.8 Å². The molecule has 1 aliphatic rings. The van der Waals surface area contributed by atoms with Gasteiger partial charge in [0.1, 0.15) is 0 Å². The predicted octanol–water partition coefficient (Wildman–Crippen LogP) is 3.27. The Morgan fingerprint density at radius 1 is 1.29 bits per heavy atom. The van der Waals surface area contributed by atoms with Crippen molar-refractivity contribution in [3.05, 3.63) is 35.9 Å². The highest BCUT2D eigenvalue weighted by Gasteiger charge is 2.25. The topological polar surface area (TPSA) is 9.23 Å². The average Bonchev–Trinajstić information content (AvgIpc) is 2.68. The van der Waals surface area contributed by atoms with Gasteiger partial charge in [0, 0.05) is 5.75 Å². The van der Waals surface area contributed by atoms with Crippen molar-refractivity contribution in [3.8, 4) is 0 Å². The number of ether oxygens (including phenoxy) is 1. The smallest absolute Gasteiger partial charge is 0.0830 e. The summed E-state index contributed by atoms with van der Waals surface area (Å²) >= 11 is 1.87. The first kappa shape index (κ1) is 10.1. The Morgan fingerprint density at radius 3 is 2.79 bits per heavy atom. The highest BCUT2D eigenvalue weighted by molar-refractivity contribution is 7.98. The minimum absolute atomic E-state index is 0.341. The third-order valence-electron chi connectivity index (χ3n) is 2.63. The Morgan fingerprint density at radius 2 is 2.07 bits per heavy atom. The molecule has 0 bridgehead atoms. The minimum Gasteiger partial charge on any atom is -0.369 e. The van der Waals surface area contributed by atoms with E-state index in [1.54, 1.807) is 0 Å². The van der Waals surface area contributed by atoms with E-state index in [-0.39, 0.29) is 0 Å². The summed E-state index contributed by atoms with van der Waals surface area (Å²) in [6, 6.07) is 10.5. The molecule has 1 saturated heterocycles. The Bertz CT molecular complexity index is 273. The van der Waals surface area contributed by atoms with E-state index in [9.17, 15) is 0 Å². The zero-order valence-electron chi connectivity index (χ0n) is 8.48. The summed E-state index contributed by atoms with van der Waals surface area (Å²) in [4.78, 5) is 0. The Hall–Kier alpha value is -0.470. The molecule has 14 heavy (non-hydrogen) atoms. The van der Waals surface area contributed by atoms with Crippen LogP contribution < -0.4 is 0 Å². The molecule has 0 N–H and O–H groups in total. The van der Waals surface area contributed by atoms with Crippen LogP contribution in [0.25, 0.3) is 0 Å². The normalized spacial score (nSPS) is 26.6. The first-order chi connectivity index (χ1) is 6.90. The summed E-state index contributed by atoms with van der Waals surface area (Å²) in [5, 5.41) is 0. The molecule has 2 rings (SSSR count). The average molecular weight is 208 g/mol. The van der Waals surface area contributed by atoms with Gasteiger partial charge in [0.25, 0.3) is 0 Å². The van der Waals surface area contributed by atoms with E-state index in [0.29, 0.717) is 12.2 Å². The maximum Gasteiger partial charge on any atom is 0.0830 e. The van der Waals surface area contributed by atoms with Crippen LogP contribution >= 0.6 is 11.8 Å². The van der Waals surface area contributed by atoms with E-state index in [2.05, 4.69) is 36.6 Å². The summed E-state index contributed by atoms with van der Waals surface area (Å²) in [6.07, 6.45) is 5.33. The number of hydrogen-bond acceptors (Lipinski definition) is 2. The van der Waals surface area contributed by atoms with E-state index in [1.807, 2.05) is 11.8 Å². The summed E-state index contributed by atoms with van der Waals surface area (Å²) in [7, 11) is 0. The van der Waals surface area contributed by atoms with Crippen molar-refractivity contribution in [2.75, 3.05) is 12.0 Å². The highest BCUT2D eigenvalue weighted by Crippen LogP contribution is 2.33. The van der Waals surface area contributed by atoms with Gasteiger partial charge in [-0.15, -0.1) is 0 Å². The van der Waals surface area contributed by atoms with Gasteiger partial charge >= 0.3 is 0 Å². The first-order valence-electron chi connectivity index (χ1n) is 5.09. The van der Waals surface area contributed by atoms with Gasteiger partial charge in [-0.3, -0.25) is 0 Å². The molecular weight excluding hydrogens is 192 g/mol. The van der Waals surface area contributed by atoms with Crippen LogP contribution in [0.1, 0.15) is 24.5 Å². The summed E-state index contributed by atoms with van der Waals surface area (Å²) < 4.78 is 5.97. The number of benzene rings is 1. The molecule has 1 aromatic carbocycles. The molecule has 0 unspecified atom stereocenters. The van der Waals surface area contributed by atoms with Gasteiger partial charge in [-0.25, -0.2) is 0 Å². The van der Waals surface area contributed by atoms with Crippen LogP contribution in [0.5, 0.6) is 0 Å². The maximum atomic E-state index is 5.97. The molecule has 0 spiro atoms. The number of hydrogen-bond donors (Lipinski definition) is 0. The lowest BCUT2D eigenvalue weighted by Gasteiger charge is -2.12. The predicted molar refractivity (Wildman–Crippen MR) is 61.7 cm³/mol. The maximum absolute atomic E-state index is 5.97. The fraction of sp³-hybridized carbons (Fsp3) is 0.500. The van der Waals surface area contributed by atoms with Crippen molar-refractivity contribution in [3.63, 3.8) is 0 Å². The molecule has 76 valence electrons. The highest BCUT2D eigenvalue weighted by atomic mass is 32.2. The van der Waals surface area contributed by atoms with Gasteiger partial charge < -0.3 is 4.74 Å². The van der Waals surface area contributed by atoms with Gasteiger partial charge in [0.15, 0.2) is 0 Å². The SMILES string of the molecule is CSC[C@H]1CC[C@H](c2ccccc2)O1. The van der Waals surface area contributed by atoms with Crippen LogP contribution in [0.2, 0.25) is 0 Å². The molecule has 1 heterocycles. The molecule has 0 aromatic heterocycles. The second kappa shape index (κ2) is 4.85. The summed E-state index contributed by atoms with van der Waals surface area (Å²) in [6.45, 7) is 0. The summed E-state index contributed by atoms with van der Waals surface area (Å²) in [5.74, 6) is 1.13. The summed E-state index contributed by atoms with van der Waals surface area (Å²) in [5.41, 5.74) is 1.33. The van der Waals surface area contributed by atoms with Gasteiger partial charge in [0.2, 0.25) is 0 Å².